The number of rotatable bonds is 7. The number of hydrogen-bond acceptors (Lipinski definition) is 5. The van der Waals surface area contributed by atoms with Crippen LogP contribution in [0.3, 0.4) is 0 Å². The molecular formula is C21H25FN2O3. The second kappa shape index (κ2) is 8.15. The number of aromatic nitrogens is 1. The highest BCUT2D eigenvalue weighted by molar-refractivity contribution is 5.95. The monoisotopic (exact) mass is 372 g/mol. The summed E-state index contributed by atoms with van der Waals surface area (Å²) in [5.41, 5.74) is 0.380. The van der Waals surface area contributed by atoms with E-state index in [2.05, 4.69) is 9.88 Å². The Morgan fingerprint density at radius 2 is 2.04 bits per heavy atom. The highest BCUT2D eigenvalue weighted by atomic mass is 19.1. The number of Topliss-reactive ketones (excluding diaryl/α,β-unsaturated/α-hetero) is 1. The lowest BCUT2D eigenvalue weighted by Crippen LogP contribution is -2.32. The van der Waals surface area contributed by atoms with Crippen molar-refractivity contribution in [3.05, 3.63) is 59.7 Å². The molecule has 0 amide bonds. The minimum absolute atomic E-state index is 0.0381. The van der Waals surface area contributed by atoms with E-state index in [0.717, 1.165) is 25.1 Å². The fourth-order valence-electron chi connectivity index (χ4n) is 3.79. The molecule has 144 valence electrons. The molecule has 1 fully saturated rings. The van der Waals surface area contributed by atoms with Crippen LogP contribution in [0.5, 0.6) is 5.75 Å². The Hall–Kier alpha value is -2.31. The Balaban J connectivity index is 1.50. The van der Waals surface area contributed by atoms with Crippen molar-refractivity contribution in [3.63, 3.8) is 0 Å². The van der Waals surface area contributed by atoms with E-state index in [1.54, 1.807) is 12.1 Å². The molecule has 27 heavy (non-hydrogen) atoms. The normalized spacial score (nSPS) is 19.7. The third-order valence-corrected chi connectivity index (χ3v) is 5.00. The summed E-state index contributed by atoms with van der Waals surface area (Å²) in [5, 5.41) is 20.0. The average Bonchev–Trinajstić information content (AvgIpc) is 3.03. The quantitative estimate of drug-likeness (QED) is 0.731. The van der Waals surface area contributed by atoms with Gasteiger partial charge in [-0.3, -0.25) is 9.69 Å². The molecule has 2 N–H and O–H groups in total. The lowest BCUT2D eigenvalue weighted by Gasteiger charge is -2.27. The number of benzene rings is 1. The average molecular weight is 372 g/mol. The molecule has 0 aliphatic carbocycles. The Morgan fingerprint density at radius 3 is 2.70 bits per heavy atom. The van der Waals surface area contributed by atoms with Crippen LogP contribution in [0.2, 0.25) is 0 Å². The summed E-state index contributed by atoms with van der Waals surface area (Å²) in [4.78, 5) is 18.3. The zero-order valence-corrected chi connectivity index (χ0v) is 15.4. The third kappa shape index (κ3) is 5.58. The van der Waals surface area contributed by atoms with E-state index in [4.69, 9.17) is 0 Å². The molecule has 0 saturated carbocycles. The minimum atomic E-state index is -0.874. The first-order chi connectivity index (χ1) is 12.8. The number of hydrogen-bond donors (Lipinski definition) is 2. The van der Waals surface area contributed by atoms with E-state index in [9.17, 15) is 19.4 Å². The second-order valence-corrected chi connectivity index (χ2v) is 7.72. The van der Waals surface area contributed by atoms with Crippen LogP contribution in [0.15, 0.2) is 42.6 Å². The molecule has 0 radical (unpaired) electrons. The van der Waals surface area contributed by atoms with E-state index >= 15 is 0 Å². The first-order valence-corrected chi connectivity index (χ1v) is 9.18. The maximum atomic E-state index is 13.0. The second-order valence-electron chi connectivity index (χ2n) is 7.72. The van der Waals surface area contributed by atoms with E-state index in [0.29, 0.717) is 24.5 Å². The van der Waals surface area contributed by atoms with Crippen molar-refractivity contribution >= 4 is 5.78 Å². The fraction of sp³-hybridized carbons (Fsp3) is 0.429. The van der Waals surface area contributed by atoms with Crippen molar-refractivity contribution in [2.45, 2.75) is 31.8 Å². The van der Waals surface area contributed by atoms with E-state index < -0.39 is 5.60 Å². The van der Waals surface area contributed by atoms with E-state index in [1.807, 2.05) is 6.92 Å². The molecule has 1 aliphatic rings. The van der Waals surface area contributed by atoms with Gasteiger partial charge in [0.05, 0.1) is 18.3 Å². The Morgan fingerprint density at radius 1 is 1.30 bits per heavy atom. The zero-order chi connectivity index (χ0) is 19.4. The number of likely N-dealkylation sites (tertiary alicyclic amines) is 1. The maximum absolute atomic E-state index is 13.0. The molecule has 2 heterocycles. The van der Waals surface area contributed by atoms with Gasteiger partial charge < -0.3 is 10.2 Å². The van der Waals surface area contributed by atoms with Crippen LogP contribution in [0.4, 0.5) is 4.39 Å². The topological polar surface area (TPSA) is 73.7 Å². The summed E-state index contributed by atoms with van der Waals surface area (Å²) in [6.07, 6.45) is 3.30. The molecule has 0 bridgehead atoms. The summed E-state index contributed by atoms with van der Waals surface area (Å²) in [5.74, 6) is -0.0106. The SMILES string of the molecule is CC(O)(Cc1ccc(F)cc1)CC1CCN(CC(=O)c2ccc(O)cn2)C1. The molecule has 1 saturated heterocycles. The summed E-state index contributed by atoms with van der Waals surface area (Å²) in [6, 6.07) is 9.21. The molecule has 6 heteroatoms. The lowest BCUT2D eigenvalue weighted by atomic mass is 9.86. The van der Waals surface area contributed by atoms with Gasteiger partial charge in [-0.2, -0.15) is 0 Å². The van der Waals surface area contributed by atoms with Gasteiger partial charge in [0.1, 0.15) is 17.3 Å². The molecule has 2 atom stereocenters. The Kier molecular flexibility index (Phi) is 5.87. The molecule has 0 spiro atoms. The third-order valence-electron chi connectivity index (χ3n) is 5.00. The number of carbonyl (C=O) groups excluding carboxylic acids is 1. The number of carbonyl (C=O) groups is 1. The van der Waals surface area contributed by atoms with Crippen LogP contribution in [0.1, 0.15) is 35.8 Å². The van der Waals surface area contributed by atoms with Gasteiger partial charge in [0, 0.05) is 13.0 Å². The molecule has 5 nitrogen and oxygen atoms in total. The fourth-order valence-corrected chi connectivity index (χ4v) is 3.79. The summed E-state index contributed by atoms with van der Waals surface area (Å²) in [7, 11) is 0. The minimum Gasteiger partial charge on any atom is -0.506 e. The van der Waals surface area contributed by atoms with Gasteiger partial charge in [-0.25, -0.2) is 9.37 Å². The Labute approximate surface area is 158 Å². The number of halogens is 1. The number of nitrogens with zero attached hydrogens (tertiary/aromatic N) is 2. The van der Waals surface area contributed by atoms with Crippen molar-refractivity contribution in [2.24, 2.45) is 5.92 Å². The van der Waals surface area contributed by atoms with Crippen molar-refractivity contribution in [1.82, 2.24) is 9.88 Å². The molecular weight excluding hydrogens is 347 g/mol. The molecule has 2 unspecified atom stereocenters. The van der Waals surface area contributed by atoms with Crippen molar-refractivity contribution in [1.29, 1.82) is 0 Å². The van der Waals surface area contributed by atoms with Gasteiger partial charge >= 0.3 is 0 Å². The Bertz CT molecular complexity index is 775. The highest BCUT2D eigenvalue weighted by Gasteiger charge is 2.31. The summed E-state index contributed by atoms with van der Waals surface area (Å²) < 4.78 is 13.0. The predicted molar refractivity (Wildman–Crippen MR) is 100 cm³/mol. The highest BCUT2D eigenvalue weighted by Crippen LogP contribution is 2.28. The summed E-state index contributed by atoms with van der Waals surface area (Å²) >= 11 is 0. The predicted octanol–water partition coefficient (Wildman–Crippen LogP) is 2.81. The lowest BCUT2D eigenvalue weighted by molar-refractivity contribution is 0.0351. The van der Waals surface area contributed by atoms with Crippen LogP contribution in [0, 0.1) is 11.7 Å². The van der Waals surface area contributed by atoms with E-state index in [1.165, 1.54) is 30.5 Å². The van der Waals surface area contributed by atoms with Crippen molar-refractivity contribution in [2.75, 3.05) is 19.6 Å². The molecule has 1 aromatic heterocycles. The number of aliphatic hydroxyl groups is 1. The molecule has 2 aromatic rings. The van der Waals surface area contributed by atoms with Gasteiger partial charge in [0.25, 0.3) is 0 Å². The number of aromatic hydroxyl groups is 1. The first kappa shape index (κ1) is 19.5. The first-order valence-electron chi connectivity index (χ1n) is 9.18. The number of ketones is 1. The van der Waals surface area contributed by atoms with Crippen LogP contribution in [-0.4, -0.2) is 51.1 Å². The van der Waals surface area contributed by atoms with Gasteiger partial charge in [-0.1, -0.05) is 12.1 Å². The maximum Gasteiger partial charge on any atom is 0.195 e. The summed E-state index contributed by atoms with van der Waals surface area (Å²) in [6.45, 7) is 3.66. The van der Waals surface area contributed by atoms with Crippen molar-refractivity contribution in [3.8, 4) is 5.75 Å². The molecule has 1 aliphatic heterocycles. The van der Waals surface area contributed by atoms with Gasteiger partial charge in [-0.15, -0.1) is 0 Å². The van der Waals surface area contributed by atoms with Gasteiger partial charge in [-0.05, 0) is 62.1 Å². The number of pyridine rings is 1. The van der Waals surface area contributed by atoms with Gasteiger partial charge in [0.2, 0.25) is 0 Å². The van der Waals surface area contributed by atoms with E-state index in [-0.39, 0.29) is 23.9 Å². The van der Waals surface area contributed by atoms with Crippen LogP contribution in [0.25, 0.3) is 0 Å². The van der Waals surface area contributed by atoms with Crippen LogP contribution < -0.4 is 0 Å². The zero-order valence-electron chi connectivity index (χ0n) is 15.4. The van der Waals surface area contributed by atoms with Crippen molar-refractivity contribution < 1.29 is 19.4 Å². The molecule has 1 aromatic carbocycles. The van der Waals surface area contributed by atoms with Crippen LogP contribution >= 0.6 is 0 Å². The van der Waals surface area contributed by atoms with Crippen LogP contribution in [-0.2, 0) is 6.42 Å². The standard InChI is InChI=1S/C21H25FN2O3/c1-21(27,10-15-2-4-17(22)5-3-15)11-16-8-9-24(13-16)14-20(26)19-7-6-18(25)12-23-19/h2-7,12,16,25,27H,8-11,13-14H2,1H3. The molecule has 3 rings (SSSR count). The largest absolute Gasteiger partial charge is 0.506 e. The smallest absolute Gasteiger partial charge is 0.195 e. The van der Waals surface area contributed by atoms with Gasteiger partial charge in [0.15, 0.2) is 5.78 Å².